The van der Waals surface area contributed by atoms with Gasteiger partial charge in [-0.2, -0.15) is 0 Å². The molecule has 0 aliphatic heterocycles. The maximum Gasteiger partial charge on any atom is 0.318 e. The lowest BCUT2D eigenvalue weighted by Crippen LogP contribution is -2.37. The first-order chi connectivity index (χ1) is 11.5. The van der Waals surface area contributed by atoms with Gasteiger partial charge in [-0.15, -0.1) is 0 Å². The predicted octanol–water partition coefficient (Wildman–Crippen LogP) is 3.29. The van der Waals surface area contributed by atoms with Crippen LogP contribution >= 0.6 is 0 Å². The standard InChI is InChI=1S/C17H22N2O5/c1-2-24-17(21)15(12-6-4-3-5-7-12)16(20)18-13-8-10-14(11-9-13)19(22)23/h8-12,15H,2-7H2,1H3,(H,18,20)/t15-/m0/s1. The summed E-state index contributed by atoms with van der Waals surface area (Å²) in [5, 5.41) is 13.3. The van der Waals surface area contributed by atoms with Crippen LogP contribution in [-0.2, 0) is 14.3 Å². The number of ether oxygens (including phenoxy) is 1. The van der Waals surface area contributed by atoms with Gasteiger partial charge in [0.05, 0.1) is 11.5 Å². The number of rotatable bonds is 6. The molecular formula is C17H22N2O5. The number of hydrogen-bond donors (Lipinski definition) is 1. The van der Waals surface area contributed by atoms with Crippen molar-refractivity contribution in [3.05, 3.63) is 34.4 Å². The number of nitrogens with one attached hydrogen (secondary N) is 1. The number of nitro benzene ring substituents is 1. The van der Waals surface area contributed by atoms with Crippen LogP contribution in [0.4, 0.5) is 11.4 Å². The van der Waals surface area contributed by atoms with Crippen LogP contribution in [0, 0.1) is 22.0 Å². The third kappa shape index (κ3) is 4.53. The minimum absolute atomic E-state index is 0.0177. The average molecular weight is 334 g/mol. The molecule has 1 saturated carbocycles. The number of amides is 1. The van der Waals surface area contributed by atoms with Gasteiger partial charge < -0.3 is 10.1 Å². The fourth-order valence-corrected chi connectivity index (χ4v) is 3.10. The first-order valence-corrected chi connectivity index (χ1v) is 8.25. The van der Waals surface area contributed by atoms with Crippen LogP contribution in [-0.4, -0.2) is 23.4 Å². The summed E-state index contributed by atoms with van der Waals surface area (Å²) in [6.45, 7) is 1.94. The van der Waals surface area contributed by atoms with E-state index in [0.29, 0.717) is 5.69 Å². The third-order valence-electron chi connectivity index (χ3n) is 4.29. The Hall–Kier alpha value is -2.44. The number of nitro groups is 1. The highest BCUT2D eigenvalue weighted by molar-refractivity contribution is 6.05. The summed E-state index contributed by atoms with van der Waals surface area (Å²) in [6.07, 6.45) is 4.79. The van der Waals surface area contributed by atoms with Crippen molar-refractivity contribution in [1.82, 2.24) is 0 Å². The van der Waals surface area contributed by atoms with Crippen LogP contribution in [0.3, 0.4) is 0 Å². The van der Waals surface area contributed by atoms with Gasteiger partial charge in [0.15, 0.2) is 0 Å². The van der Waals surface area contributed by atoms with Crippen LogP contribution in [0.15, 0.2) is 24.3 Å². The third-order valence-corrected chi connectivity index (χ3v) is 4.29. The van der Waals surface area contributed by atoms with Crippen molar-refractivity contribution >= 4 is 23.3 Å². The molecule has 1 atom stereocenters. The fourth-order valence-electron chi connectivity index (χ4n) is 3.10. The second-order valence-electron chi connectivity index (χ2n) is 5.92. The van der Waals surface area contributed by atoms with E-state index < -0.39 is 22.7 Å². The summed E-state index contributed by atoms with van der Waals surface area (Å²) in [7, 11) is 0. The molecule has 0 radical (unpaired) electrons. The van der Waals surface area contributed by atoms with Crippen molar-refractivity contribution in [2.45, 2.75) is 39.0 Å². The van der Waals surface area contributed by atoms with E-state index >= 15 is 0 Å². The second-order valence-corrected chi connectivity index (χ2v) is 5.92. The van der Waals surface area contributed by atoms with E-state index in [0.717, 1.165) is 32.1 Å². The summed E-state index contributed by atoms with van der Waals surface area (Å²) >= 11 is 0. The molecule has 7 heteroatoms. The van der Waals surface area contributed by atoms with Crippen LogP contribution < -0.4 is 5.32 Å². The maximum absolute atomic E-state index is 12.6. The summed E-state index contributed by atoms with van der Waals surface area (Å²) in [5.41, 5.74) is 0.373. The Labute approximate surface area is 140 Å². The number of carbonyl (C=O) groups excluding carboxylic acids is 2. The molecule has 1 aromatic rings. The first-order valence-electron chi connectivity index (χ1n) is 8.25. The summed E-state index contributed by atoms with van der Waals surface area (Å²) < 4.78 is 5.08. The van der Waals surface area contributed by atoms with Gasteiger partial charge in [-0.3, -0.25) is 19.7 Å². The Kier molecular flexibility index (Phi) is 6.28. The summed E-state index contributed by atoms with van der Waals surface area (Å²) in [6, 6.07) is 5.55. The molecule has 0 bridgehead atoms. The Morgan fingerprint density at radius 1 is 1.25 bits per heavy atom. The van der Waals surface area contributed by atoms with Crippen LogP contribution in [0.5, 0.6) is 0 Å². The highest BCUT2D eigenvalue weighted by Crippen LogP contribution is 2.31. The van der Waals surface area contributed by atoms with Crippen molar-refractivity contribution in [1.29, 1.82) is 0 Å². The number of esters is 1. The number of hydrogen-bond acceptors (Lipinski definition) is 5. The second kappa shape index (κ2) is 8.42. The zero-order valence-electron chi connectivity index (χ0n) is 13.7. The molecule has 0 heterocycles. The first kappa shape index (κ1) is 17.9. The SMILES string of the molecule is CCOC(=O)[C@H](C(=O)Nc1ccc([N+](=O)[O-])cc1)C1CCCCC1. The van der Waals surface area contributed by atoms with Crippen molar-refractivity contribution in [2.75, 3.05) is 11.9 Å². The number of nitrogens with zero attached hydrogens (tertiary/aromatic N) is 1. The molecule has 7 nitrogen and oxygen atoms in total. The monoisotopic (exact) mass is 334 g/mol. The highest BCUT2D eigenvalue weighted by Gasteiger charge is 2.36. The highest BCUT2D eigenvalue weighted by atomic mass is 16.6. The molecule has 1 aliphatic rings. The minimum Gasteiger partial charge on any atom is -0.465 e. The van der Waals surface area contributed by atoms with Gasteiger partial charge in [-0.25, -0.2) is 0 Å². The van der Waals surface area contributed by atoms with E-state index in [-0.39, 0.29) is 18.2 Å². The van der Waals surface area contributed by atoms with Gasteiger partial charge in [0.2, 0.25) is 5.91 Å². The summed E-state index contributed by atoms with van der Waals surface area (Å²) in [5.74, 6) is -1.76. The molecule has 1 aliphatic carbocycles. The van der Waals surface area contributed by atoms with Crippen molar-refractivity contribution in [3.63, 3.8) is 0 Å². The number of non-ortho nitro benzene ring substituents is 1. The van der Waals surface area contributed by atoms with Gasteiger partial charge in [-0.05, 0) is 37.8 Å². The Bertz CT molecular complexity index is 594. The van der Waals surface area contributed by atoms with Gasteiger partial charge >= 0.3 is 5.97 Å². The van der Waals surface area contributed by atoms with Crippen LogP contribution in [0.1, 0.15) is 39.0 Å². The lowest BCUT2D eigenvalue weighted by molar-refractivity contribution is -0.384. The molecule has 1 amide bonds. The lowest BCUT2D eigenvalue weighted by atomic mass is 9.79. The zero-order valence-corrected chi connectivity index (χ0v) is 13.7. The van der Waals surface area contributed by atoms with Gasteiger partial charge in [-0.1, -0.05) is 19.3 Å². The lowest BCUT2D eigenvalue weighted by Gasteiger charge is -2.27. The fraction of sp³-hybridized carbons (Fsp3) is 0.529. The number of benzene rings is 1. The maximum atomic E-state index is 12.6. The van der Waals surface area contributed by atoms with Crippen LogP contribution in [0.2, 0.25) is 0 Å². The molecule has 0 aromatic heterocycles. The van der Waals surface area contributed by atoms with Gasteiger partial charge in [0, 0.05) is 17.8 Å². The molecule has 130 valence electrons. The Balaban J connectivity index is 2.11. The van der Waals surface area contributed by atoms with Crippen molar-refractivity contribution in [2.24, 2.45) is 11.8 Å². The van der Waals surface area contributed by atoms with E-state index in [1.54, 1.807) is 6.92 Å². The zero-order chi connectivity index (χ0) is 17.5. The Morgan fingerprint density at radius 2 is 1.88 bits per heavy atom. The molecule has 1 aromatic carbocycles. The van der Waals surface area contributed by atoms with Gasteiger partial charge in [0.1, 0.15) is 5.92 Å². The smallest absolute Gasteiger partial charge is 0.318 e. The normalized spacial score (nSPS) is 16.2. The van der Waals surface area contributed by atoms with E-state index in [1.807, 2.05) is 0 Å². The van der Waals surface area contributed by atoms with Gasteiger partial charge in [0.25, 0.3) is 5.69 Å². The predicted molar refractivity (Wildman–Crippen MR) is 88.4 cm³/mol. The molecule has 1 N–H and O–H groups in total. The van der Waals surface area contributed by atoms with Crippen LogP contribution in [0.25, 0.3) is 0 Å². The van der Waals surface area contributed by atoms with E-state index in [1.165, 1.54) is 24.3 Å². The van der Waals surface area contributed by atoms with Crippen molar-refractivity contribution in [3.8, 4) is 0 Å². The Morgan fingerprint density at radius 3 is 2.42 bits per heavy atom. The van der Waals surface area contributed by atoms with Crippen molar-refractivity contribution < 1.29 is 19.2 Å². The molecular weight excluding hydrogens is 312 g/mol. The van der Waals surface area contributed by atoms with E-state index in [9.17, 15) is 19.7 Å². The molecule has 24 heavy (non-hydrogen) atoms. The van der Waals surface area contributed by atoms with E-state index in [4.69, 9.17) is 4.74 Å². The number of anilines is 1. The average Bonchev–Trinajstić information content (AvgIpc) is 2.56. The minimum atomic E-state index is -0.833. The topological polar surface area (TPSA) is 98.5 Å². The largest absolute Gasteiger partial charge is 0.465 e. The summed E-state index contributed by atoms with van der Waals surface area (Å²) in [4.78, 5) is 35.0. The molecule has 0 saturated heterocycles. The quantitative estimate of drug-likeness (QED) is 0.372. The molecule has 2 rings (SSSR count). The molecule has 0 unspecified atom stereocenters. The number of carbonyl (C=O) groups is 2. The van der Waals surface area contributed by atoms with E-state index in [2.05, 4.69) is 5.32 Å². The molecule has 0 spiro atoms. The molecule has 1 fully saturated rings.